The van der Waals surface area contributed by atoms with Crippen LogP contribution in [0.2, 0.25) is 0 Å². The fourth-order valence-corrected chi connectivity index (χ4v) is 2.80. The van der Waals surface area contributed by atoms with Gasteiger partial charge in [0.25, 0.3) is 5.91 Å². The molecular formula is C14H23N3O3S. The Hall–Kier alpha value is -1.34. The topological polar surface area (TPSA) is 94.2 Å². The van der Waals surface area contributed by atoms with Crippen LogP contribution in [-0.4, -0.2) is 25.4 Å². The Kier molecular flexibility index (Phi) is 4.73. The fourth-order valence-electron chi connectivity index (χ4n) is 2.26. The zero-order chi connectivity index (χ0) is 15.6. The predicted octanol–water partition coefficient (Wildman–Crippen LogP) is 1.64. The normalized spacial score (nSPS) is 17.3. The molecule has 1 aromatic heterocycles. The molecule has 1 aliphatic carbocycles. The molecule has 1 aliphatic rings. The third kappa shape index (κ3) is 3.65. The summed E-state index contributed by atoms with van der Waals surface area (Å²) in [6, 6.07) is 1.57. The molecule has 2 rings (SSSR count). The van der Waals surface area contributed by atoms with Crippen LogP contribution in [0.5, 0.6) is 0 Å². The molecule has 1 heterocycles. The van der Waals surface area contributed by atoms with Gasteiger partial charge in [-0.15, -0.1) is 0 Å². The number of primary sulfonamides is 1. The number of hydrogen-bond acceptors (Lipinski definition) is 3. The number of nitrogens with zero attached hydrogens (tertiary/aromatic N) is 1. The van der Waals surface area contributed by atoms with Crippen molar-refractivity contribution in [2.24, 2.45) is 11.1 Å². The molecule has 1 unspecified atom stereocenters. The molecule has 1 fully saturated rings. The second-order valence-corrected chi connectivity index (χ2v) is 7.38. The maximum absolute atomic E-state index is 12.3. The SMILES string of the molecule is CCC(C)CNC(=O)c1cc(S(N)(=O)=O)cn1C1CCC1. The summed E-state index contributed by atoms with van der Waals surface area (Å²) in [5.74, 6) is 0.149. The first kappa shape index (κ1) is 16.0. The van der Waals surface area contributed by atoms with Crippen LogP contribution in [-0.2, 0) is 10.0 Å². The van der Waals surface area contributed by atoms with E-state index in [1.54, 1.807) is 4.57 Å². The molecule has 1 saturated carbocycles. The number of sulfonamides is 1. The molecule has 118 valence electrons. The van der Waals surface area contributed by atoms with Crippen molar-refractivity contribution >= 4 is 15.9 Å². The Balaban J connectivity index is 2.24. The monoisotopic (exact) mass is 313 g/mol. The van der Waals surface area contributed by atoms with Gasteiger partial charge in [-0.3, -0.25) is 4.79 Å². The summed E-state index contributed by atoms with van der Waals surface area (Å²) in [7, 11) is -3.79. The summed E-state index contributed by atoms with van der Waals surface area (Å²) in [5.41, 5.74) is 0.382. The molecule has 21 heavy (non-hydrogen) atoms. The zero-order valence-electron chi connectivity index (χ0n) is 12.5. The third-order valence-corrected chi connectivity index (χ3v) is 5.04. The Bertz CT molecular complexity index is 617. The lowest BCUT2D eigenvalue weighted by atomic mass is 9.93. The van der Waals surface area contributed by atoms with Gasteiger partial charge < -0.3 is 9.88 Å². The molecule has 0 radical (unpaired) electrons. The van der Waals surface area contributed by atoms with Gasteiger partial charge in [0, 0.05) is 18.8 Å². The highest BCUT2D eigenvalue weighted by molar-refractivity contribution is 7.89. The average molecular weight is 313 g/mol. The van der Waals surface area contributed by atoms with Gasteiger partial charge in [-0.1, -0.05) is 20.3 Å². The van der Waals surface area contributed by atoms with Crippen molar-refractivity contribution in [3.05, 3.63) is 18.0 Å². The number of amides is 1. The van der Waals surface area contributed by atoms with Crippen molar-refractivity contribution in [3.63, 3.8) is 0 Å². The van der Waals surface area contributed by atoms with Crippen molar-refractivity contribution in [2.45, 2.75) is 50.5 Å². The van der Waals surface area contributed by atoms with E-state index in [2.05, 4.69) is 19.2 Å². The van der Waals surface area contributed by atoms with Crippen molar-refractivity contribution in [3.8, 4) is 0 Å². The molecule has 0 bridgehead atoms. The number of carbonyl (C=O) groups is 1. The second-order valence-electron chi connectivity index (χ2n) is 5.82. The molecule has 0 saturated heterocycles. The van der Waals surface area contributed by atoms with Crippen molar-refractivity contribution in [1.29, 1.82) is 0 Å². The molecule has 0 spiro atoms. The van der Waals surface area contributed by atoms with Gasteiger partial charge in [0.1, 0.15) is 10.6 Å². The van der Waals surface area contributed by atoms with Gasteiger partial charge in [-0.2, -0.15) is 0 Å². The van der Waals surface area contributed by atoms with Crippen LogP contribution in [0.25, 0.3) is 0 Å². The Morgan fingerprint density at radius 2 is 2.19 bits per heavy atom. The highest BCUT2D eigenvalue weighted by Crippen LogP contribution is 2.34. The lowest BCUT2D eigenvalue weighted by Gasteiger charge is -2.28. The summed E-state index contributed by atoms with van der Waals surface area (Å²) in [5, 5.41) is 8.03. The van der Waals surface area contributed by atoms with Crippen LogP contribution >= 0.6 is 0 Å². The lowest BCUT2D eigenvalue weighted by Crippen LogP contribution is -2.31. The first-order valence-corrected chi connectivity index (χ1v) is 8.90. The molecular weight excluding hydrogens is 290 g/mol. The van der Waals surface area contributed by atoms with Gasteiger partial charge in [-0.05, 0) is 31.2 Å². The van der Waals surface area contributed by atoms with Crippen LogP contribution in [0.4, 0.5) is 0 Å². The standard InChI is InChI=1S/C14H23N3O3S/c1-3-10(2)8-16-14(18)13-7-12(21(15,19)20)9-17(13)11-5-4-6-11/h7,9-11H,3-6,8H2,1-2H3,(H,16,18)(H2,15,19,20). The van der Waals surface area contributed by atoms with E-state index in [0.29, 0.717) is 18.2 Å². The number of nitrogens with two attached hydrogens (primary N) is 1. The second kappa shape index (κ2) is 6.19. The van der Waals surface area contributed by atoms with Gasteiger partial charge in [0.05, 0.1) is 0 Å². The van der Waals surface area contributed by atoms with Crippen LogP contribution in [0.3, 0.4) is 0 Å². The maximum atomic E-state index is 12.3. The lowest BCUT2D eigenvalue weighted by molar-refractivity contribution is 0.0932. The third-order valence-electron chi connectivity index (χ3n) is 4.16. The van der Waals surface area contributed by atoms with Crippen molar-refractivity contribution in [1.82, 2.24) is 9.88 Å². The van der Waals surface area contributed by atoms with E-state index in [0.717, 1.165) is 25.7 Å². The number of carbonyl (C=O) groups excluding carboxylic acids is 1. The summed E-state index contributed by atoms with van der Waals surface area (Å²) >= 11 is 0. The van der Waals surface area contributed by atoms with E-state index < -0.39 is 10.0 Å². The number of rotatable bonds is 6. The van der Waals surface area contributed by atoms with E-state index in [4.69, 9.17) is 5.14 Å². The molecule has 1 aromatic rings. The molecule has 1 atom stereocenters. The van der Waals surface area contributed by atoms with Crippen molar-refractivity contribution in [2.75, 3.05) is 6.54 Å². The van der Waals surface area contributed by atoms with Crippen LogP contribution in [0.15, 0.2) is 17.2 Å². The first-order chi connectivity index (χ1) is 9.82. The average Bonchev–Trinajstić information content (AvgIpc) is 2.78. The molecule has 3 N–H and O–H groups in total. The minimum atomic E-state index is -3.79. The minimum absolute atomic E-state index is 0.00286. The first-order valence-electron chi connectivity index (χ1n) is 7.35. The van der Waals surface area contributed by atoms with E-state index in [9.17, 15) is 13.2 Å². The zero-order valence-corrected chi connectivity index (χ0v) is 13.3. The molecule has 7 heteroatoms. The largest absolute Gasteiger partial charge is 0.350 e. The predicted molar refractivity (Wildman–Crippen MR) is 80.5 cm³/mol. The molecule has 0 aliphatic heterocycles. The van der Waals surface area contributed by atoms with Crippen molar-refractivity contribution < 1.29 is 13.2 Å². The van der Waals surface area contributed by atoms with Crippen LogP contribution in [0, 0.1) is 5.92 Å². The Labute approximate surface area is 125 Å². The highest BCUT2D eigenvalue weighted by Gasteiger charge is 2.26. The van der Waals surface area contributed by atoms with E-state index in [-0.39, 0.29) is 16.8 Å². The Morgan fingerprint density at radius 1 is 1.52 bits per heavy atom. The van der Waals surface area contributed by atoms with Gasteiger partial charge in [-0.25, -0.2) is 13.6 Å². The number of hydrogen-bond donors (Lipinski definition) is 2. The van der Waals surface area contributed by atoms with E-state index >= 15 is 0 Å². The fraction of sp³-hybridized carbons (Fsp3) is 0.643. The smallest absolute Gasteiger partial charge is 0.267 e. The summed E-state index contributed by atoms with van der Waals surface area (Å²) in [6.07, 6.45) is 5.49. The van der Waals surface area contributed by atoms with Gasteiger partial charge in [0.2, 0.25) is 10.0 Å². The van der Waals surface area contributed by atoms with Crippen LogP contribution < -0.4 is 10.5 Å². The van der Waals surface area contributed by atoms with E-state index in [1.165, 1.54) is 12.3 Å². The molecule has 6 nitrogen and oxygen atoms in total. The van der Waals surface area contributed by atoms with Gasteiger partial charge in [0.15, 0.2) is 0 Å². The van der Waals surface area contributed by atoms with E-state index in [1.807, 2.05) is 0 Å². The Morgan fingerprint density at radius 3 is 2.67 bits per heavy atom. The highest BCUT2D eigenvalue weighted by atomic mass is 32.2. The molecule has 1 amide bonds. The van der Waals surface area contributed by atoms with Crippen LogP contribution in [0.1, 0.15) is 56.1 Å². The summed E-state index contributed by atoms with van der Waals surface area (Å²) < 4.78 is 24.7. The number of nitrogens with one attached hydrogen (secondary N) is 1. The minimum Gasteiger partial charge on any atom is -0.350 e. The van der Waals surface area contributed by atoms with Gasteiger partial charge >= 0.3 is 0 Å². The maximum Gasteiger partial charge on any atom is 0.267 e. The molecule has 0 aromatic carbocycles. The summed E-state index contributed by atoms with van der Waals surface area (Å²) in [6.45, 7) is 4.70. The number of aromatic nitrogens is 1. The summed E-state index contributed by atoms with van der Waals surface area (Å²) in [4.78, 5) is 12.3. The quantitative estimate of drug-likeness (QED) is 0.836.